The Morgan fingerprint density at radius 3 is 2.34 bits per heavy atom. The quantitative estimate of drug-likeness (QED) is 0.744. The molecule has 1 fully saturated rings. The van der Waals surface area contributed by atoms with Gasteiger partial charge in [0.1, 0.15) is 5.75 Å². The maximum Gasteiger partial charge on any atom is 0.260 e. The van der Waals surface area contributed by atoms with Gasteiger partial charge in [0.2, 0.25) is 0 Å². The Labute approximate surface area is 170 Å². The lowest BCUT2D eigenvalue weighted by Gasteiger charge is -2.32. The number of nitrogens with one attached hydrogen (secondary N) is 1. The van der Waals surface area contributed by atoms with E-state index in [9.17, 15) is 22.8 Å². The third-order valence-corrected chi connectivity index (χ3v) is 4.89. The maximum absolute atomic E-state index is 13.7. The number of nitrogens with zero attached hydrogens (tertiary/aromatic N) is 1. The monoisotopic (exact) mass is 426 g/mol. The van der Waals surface area contributed by atoms with E-state index < -0.39 is 28.9 Å². The van der Waals surface area contributed by atoms with Crippen molar-refractivity contribution in [3.05, 3.63) is 64.4 Å². The average Bonchev–Trinajstić information content (AvgIpc) is 2.72. The number of piperidine rings is 1. The van der Waals surface area contributed by atoms with Gasteiger partial charge in [-0.05, 0) is 49.2 Å². The van der Waals surface area contributed by atoms with Gasteiger partial charge >= 0.3 is 0 Å². The van der Waals surface area contributed by atoms with Crippen molar-refractivity contribution in [2.24, 2.45) is 0 Å². The van der Waals surface area contributed by atoms with Crippen molar-refractivity contribution in [3.8, 4) is 5.75 Å². The summed E-state index contributed by atoms with van der Waals surface area (Å²) in [5.41, 5.74) is -0.557. The molecule has 0 aliphatic carbocycles. The van der Waals surface area contributed by atoms with Gasteiger partial charge in [0.05, 0.1) is 5.56 Å². The van der Waals surface area contributed by atoms with E-state index in [1.807, 2.05) is 0 Å². The van der Waals surface area contributed by atoms with Crippen molar-refractivity contribution < 1.29 is 27.5 Å². The van der Waals surface area contributed by atoms with Crippen molar-refractivity contribution in [2.45, 2.75) is 18.9 Å². The molecule has 1 aliphatic rings. The summed E-state index contributed by atoms with van der Waals surface area (Å²) in [6.07, 6.45) is 0.896. The Morgan fingerprint density at radius 2 is 1.69 bits per heavy atom. The van der Waals surface area contributed by atoms with Crippen LogP contribution in [0.5, 0.6) is 5.75 Å². The number of benzene rings is 2. The molecule has 0 bridgehead atoms. The van der Waals surface area contributed by atoms with E-state index in [0.29, 0.717) is 42.8 Å². The third kappa shape index (κ3) is 5.20. The van der Waals surface area contributed by atoms with E-state index in [4.69, 9.17) is 16.3 Å². The topological polar surface area (TPSA) is 58.6 Å². The van der Waals surface area contributed by atoms with E-state index in [0.717, 1.165) is 6.07 Å². The molecule has 1 aliphatic heterocycles. The van der Waals surface area contributed by atoms with Gasteiger partial charge in [-0.1, -0.05) is 11.6 Å². The summed E-state index contributed by atoms with van der Waals surface area (Å²) in [7, 11) is 0. The predicted molar refractivity (Wildman–Crippen MR) is 100 cm³/mol. The summed E-state index contributed by atoms with van der Waals surface area (Å²) in [6, 6.07) is 7.93. The lowest BCUT2D eigenvalue weighted by atomic mass is 10.0. The van der Waals surface area contributed by atoms with Crippen LogP contribution in [-0.4, -0.2) is 42.5 Å². The highest BCUT2D eigenvalue weighted by Gasteiger charge is 2.26. The van der Waals surface area contributed by atoms with Crippen LogP contribution >= 0.6 is 11.6 Å². The zero-order chi connectivity index (χ0) is 21.0. The van der Waals surface area contributed by atoms with Crippen LogP contribution in [0.15, 0.2) is 36.4 Å². The number of rotatable bonds is 5. The highest BCUT2D eigenvalue weighted by molar-refractivity contribution is 6.30. The Bertz CT molecular complexity index is 901. The summed E-state index contributed by atoms with van der Waals surface area (Å²) in [5.74, 6) is -5.05. The van der Waals surface area contributed by atoms with Crippen LogP contribution in [0.4, 0.5) is 13.2 Å². The summed E-state index contributed by atoms with van der Waals surface area (Å²) in [6.45, 7) is 0.640. The zero-order valence-corrected chi connectivity index (χ0v) is 16.0. The van der Waals surface area contributed by atoms with E-state index in [1.165, 1.54) is 0 Å². The number of carbonyl (C=O) groups excluding carboxylic acids is 2. The second-order valence-corrected chi connectivity index (χ2v) is 7.03. The number of halogens is 4. The van der Waals surface area contributed by atoms with E-state index >= 15 is 0 Å². The zero-order valence-electron chi connectivity index (χ0n) is 15.3. The molecule has 2 amide bonds. The Morgan fingerprint density at radius 1 is 1.03 bits per heavy atom. The molecule has 0 aromatic heterocycles. The summed E-state index contributed by atoms with van der Waals surface area (Å²) in [5, 5.41) is 3.16. The molecule has 0 spiro atoms. The van der Waals surface area contributed by atoms with Crippen molar-refractivity contribution in [1.82, 2.24) is 10.2 Å². The molecule has 1 N–H and O–H groups in total. The number of carbonyl (C=O) groups is 2. The third-order valence-electron chi connectivity index (χ3n) is 4.64. The number of hydrogen-bond donors (Lipinski definition) is 1. The minimum Gasteiger partial charge on any atom is -0.484 e. The summed E-state index contributed by atoms with van der Waals surface area (Å²) in [4.78, 5) is 26.0. The minimum absolute atomic E-state index is 0.126. The van der Waals surface area contributed by atoms with Crippen molar-refractivity contribution in [3.63, 3.8) is 0 Å². The SMILES string of the molecule is O=C(NC1CCN(C(=O)COc2ccc(Cl)cc2)CC1)c1ccc(F)c(F)c1F. The second kappa shape index (κ2) is 9.17. The molecular weight excluding hydrogens is 409 g/mol. The molecule has 0 unspecified atom stereocenters. The Hall–Kier alpha value is -2.74. The molecule has 2 aromatic carbocycles. The molecule has 9 heteroatoms. The average molecular weight is 427 g/mol. The van der Waals surface area contributed by atoms with E-state index in [-0.39, 0.29) is 18.6 Å². The molecule has 0 saturated carbocycles. The fourth-order valence-electron chi connectivity index (χ4n) is 3.00. The molecule has 0 atom stereocenters. The first-order valence-electron chi connectivity index (χ1n) is 8.95. The molecule has 1 saturated heterocycles. The van der Waals surface area contributed by atoms with Crippen LogP contribution in [-0.2, 0) is 4.79 Å². The van der Waals surface area contributed by atoms with Gasteiger partial charge in [0.15, 0.2) is 24.1 Å². The number of ether oxygens (including phenoxy) is 1. The van der Waals surface area contributed by atoms with E-state index in [1.54, 1.807) is 29.2 Å². The molecule has 3 rings (SSSR count). The first-order valence-corrected chi connectivity index (χ1v) is 9.33. The fraction of sp³-hybridized carbons (Fsp3) is 0.300. The van der Waals surface area contributed by atoms with Gasteiger partial charge in [-0.25, -0.2) is 13.2 Å². The first kappa shape index (κ1) is 21.0. The number of likely N-dealkylation sites (tertiary alicyclic amines) is 1. The molecule has 2 aromatic rings. The fourth-order valence-corrected chi connectivity index (χ4v) is 3.13. The van der Waals surface area contributed by atoms with Gasteiger partial charge in [-0.2, -0.15) is 0 Å². The lowest BCUT2D eigenvalue weighted by Crippen LogP contribution is -2.47. The summed E-state index contributed by atoms with van der Waals surface area (Å²) < 4.78 is 45.4. The Balaban J connectivity index is 1.47. The van der Waals surface area contributed by atoms with Crippen LogP contribution in [0.1, 0.15) is 23.2 Å². The van der Waals surface area contributed by atoms with Crippen LogP contribution in [0, 0.1) is 17.5 Å². The molecule has 1 heterocycles. The maximum atomic E-state index is 13.7. The van der Waals surface area contributed by atoms with Crippen LogP contribution in [0.3, 0.4) is 0 Å². The lowest BCUT2D eigenvalue weighted by molar-refractivity contribution is -0.134. The largest absolute Gasteiger partial charge is 0.484 e. The minimum atomic E-state index is -1.68. The van der Waals surface area contributed by atoms with Gasteiger partial charge in [-0.3, -0.25) is 9.59 Å². The summed E-state index contributed by atoms with van der Waals surface area (Å²) >= 11 is 5.79. The van der Waals surface area contributed by atoms with Crippen molar-refractivity contribution in [1.29, 1.82) is 0 Å². The first-order chi connectivity index (χ1) is 13.8. The molecular formula is C20H18ClF3N2O3. The highest BCUT2D eigenvalue weighted by atomic mass is 35.5. The van der Waals surface area contributed by atoms with Crippen molar-refractivity contribution >= 4 is 23.4 Å². The van der Waals surface area contributed by atoms with Crippen LogP contribution < -0.4 is 10.1 Å². The van der Waals surface area contributed by atoms with Crippen LogP contribution in [0.2, 0.25) is 5.02 Å². The van der Waals surface area contributed by atoms with Gasteiger partial charge in [-0.15, -0.1) is 0 Å². The smallest absolute Gasteiger partial charge is 0.260 e. The molecule has 0 radical (unpaired) electrons. The van der Waals surface area contributed by atoms with Crippen LogP contribution in [0.25, 0.3) is 0 Å². The van der Waals surface area contributed by atoms with Gasteiger partial charge in [0, 0.05) is 24.2 Å². The molecule has 29 heavy (non-hydrogen) atoms. The normalized spacial score (nSPS) is 14.6. The molecule has 5 nitrogen and oxygen atoms in total. The molecule has 154 valence electrons. The van der Waals surface area contributed by atoms with E-state index in [2.05, 4.69) is 5.32 Å². The van der Waals surface area contributed by atoms with Gasteiger partial charge in [0.25, 0.3) is 11.8 Å². The number of amides is 2. The standard InChI is InChI=1S/C20H18ClF3N2O3/c21-12-1-3-14(4-2-12)29-11-17(27)26-9-7-13(8-10-26)25-20(28)15-5-6-16(22)19(24)18(15)23/h1-6,13H,7-11H2,(H,25,28). The predicted octanol–water partition coefficient (Wildman–Crippen LogP) is 3.56. The Kier molecular flexibility index (Phi) is 6.64. The number of hydrogen-bond acceptors (Lipinski definition) is 3. The second-order valence-electron chi connectivity index (χ2n) is 6.59. The highest BCUT2D eigenvalue weighted by Crippen LogP contribution is 2.18. The van der Waals surface area contributed by atoms with Crippen molar-refractivity contribution in [2.75, 3.05) is 19.7 Å². The van der Waals surface area contributed by atoms with Gasteiger partial charge < -0.3 is 15.0 Å².